The monoisotopic (exact) mass is 330 g/mol. The minimum absolute atomic E-state index is 0.0159. The van der Waals surface area contributed by atoms with Crippen LogP contribution in [0.3, 0.4) is 0 Å². The molecule has 0 radical (unpaired) electrons. The predicted molar refractivity (Wildman–Crippen MR) is 77.8 cm³/mol. The van der Waals surface area contributed by atoms with E-state index in [-0.39, 0.29) is 18.1 Å². The molecule has 0 aliphatic carbocycles. The maximum atomic E-state index is 9.80. The number of benzene rings is 1. The van der Waals surface area contributed by atoms with Crippen molar-refractivity contribution in [1.82, 2.24) is 0 Å². The van der Waals surface area contributed by atoms with Crippen LogP contribution >= 0.6 is 0 Å². The van der Waals surface area contributed by atoms with Crippen LogP contribution in [0.4, 0.5) is 0 Å². The summed E-state index contributed by atoms with van der Waals surface area (Å²) in [5, 5.41) is 57.0. The van der Waals surface area contributed by atoms with E-state index < -0.39 is 37.3 Å². The Morgan fingerprint density at radius 3 is 2.43 bits per heavy atom. The summed E-state index contributed by atoms with van der Waals surface area (Å²) >= 11 is 0. The van der Waals surface area contributed by atoms with Crippen molar-refractivity contribution in [3.8, 4) is 11.5 Å². The van der Waals surface area contributed by atoms with Gasteiger partial charge < -0.3 is 40.1 Å². The van der Waals surface area contributed by atoms with E-state index in [1.54, 1.807) is 6.07 Å². The van der Waals surface area contributed by atoms with Gasteiger partial charge in [-0.25, -0.2) is 0 Å². The normalized spacial score (nSPS) is 31.2. The van der Waals surface area contributed by atoms with Crippen LogP contribution in [-0.2, 0) is 15.9 Å². The van der Waals surface area contributed by atoms with Crippen molar-refractivity contribution >= 4 is 0 Å². The molecule has 0 spiro atoms. The van der Waals surface area contributed by atoms with Gasteiger partial charge in [-0.2, -0.15) is 0 Å². The Morgan fingerprint density at radius 2 is 1.78 bits per heavy atom. The average Bonchev–Trinajstić information content (AvgIpc) is 2.53. The zero-order valence-corrected chi connectivity index (χ0v) is 12.4. The van der Waals surface area contributed by atoms with Crippen LogP contribution in [0.15, 0.2) is 18.2 Å². The average molecular weight is 330 g/mol. The number of ether oxygens (including phenoxy) is 2. The van der Waals surface area contributed by atoms with Crippen LogP contribution in [0.1, 0.15) is 12.0 Å². The van der Waals surface area contributed by atoms with Crippen molar-refractivity contribution in [1.29, 1.82) is 0 Å². The van der Waals surface area contributed by atoms with Gasteiger partial charge in [-0.3, -0.25) is 0 Å². The van der Waals surface area contributed by atoms with E-state index in [2.05, 4.69) is 0 Å². The zero-order valence-electron chi connectivity index (χ0n) is 12.4. The van der Waals surface area contributed by atoms with E-state index in [1.165, 1.54) is 12.1 Å². The molecule has 23 heavy (non-hydrogen) atoms. The first-order valence-corrected chi connectivity index (χ1v) is 7.37. The lowest BCUT2D eigenvalue weighted by Gasteiger charge is -2.39. The molecule has 1 saturated heterocycles. The molecule has 2 rings (SSSR count). The van der Waals surface area contributed by atoms with Gasteiger partial charge in [0.15, 0.2) is 6.29 Å². The highest BCUT2D eigenvalue weighted by Crippen LogP contribution is 2.25. The second kappa shape index (κ2) is 7.91. The molecule has 8 heteroatoms. The predicted octanol–water partition coefficient (Wildman–Crippen LogP) is -1.15. The molecule has 0 saturated carbocycles. The number of phenolic OH excluding ortho intramolecular Hbond substituents is 2. The number of aryl methyl sites for hydroxylation is 1. The molecule has 1 heterocycles. The van der Waals surface area contributed by atoms with Gasteiger partial charge in [0.25, 0.3) is 0 Å². The lowest BCUT2D eigenvalue weighted by atomic mass is 9.99. The number of hydrogen-bond acceptors (Lipinski definition) is 8. The van der Waals surface area contributed by atoms with Crippen LogP contribution in [0.5, 0.6) is 11.5 Å². The summed E-state index contributed by atoms with van der Waals surface area (Å²) in [6.45, 7) is -0.338. The van der Waals surface area contributed by atoms with E-state index in [1.807, 2.05) is 0 Å². The third-order valence-electron chi connectivity index (χ3n) is 3.79. The summed E-state index contributed by atoms with van der Waals surface area (Å²) in [5.41, 5.74) is 0.639. The maximum Gasteiger partial charge on any atom is 0.186 e. The van der Waals surface area contributed by atoms with Crippen LogP contribution in [0.25, 0.3) is 0 Å². The summed E-state index contributed by atoms with van der Waals surface area (Å²) in [6.07, 6.45) is -5.49. The Balaban J connectivity index is 1.81. The van der Waals surface area contributed by atoms with Gasteiger partial charge in [-0.1, -0.05) is 6.07 Å². The van der Waals surface area contributed by atoms with Gasteiger partial charge in [0.1, 0.15) is 35.9 Å². The minimum Gasteiger partial charge on any atom is -0.508 e. The fourth-order valence-electron chi connectivity index (χ4n) is 2.43. The van der Waals surface area contributed by atoms with E-state index >= 15 is 0 Å². The quantitative estimate of drug-likeness (QED) is 0.359. The maximum absolute atomic E-state index is 9.80. The highest BCUT2D eigenvalue weighted by Gasteiger charge is 2.43. The summed E-state index contributed by atoms with van der Waals surface area (Å²) in [6, 6.07) is 4.31. The van der Waals surface area contributed by atoms with E-state index in [9.17, 15) is 25.5 Å². The highest BCUT2D eigenvalue weighted by atomic mass is 16.7. The molecule has 0 aromatic heterocycles. The second-order valence-corrected chi connectivity index (χ2v) is 5.48. The molecule has 130 valence electrons. The van der Waals surface area contributed by atoms with Gasteiger partial charge >= 0.3 is 0 Å². The van der Waals surface area contributed by atoms with Crippen molar-refractivity contribution in [2.45, 2.75) is 43.5 Å². The second-order valence-electron chi connectivity index (χ2n) is 5.48. The van der Waals surface area contributed by atoms with Crippen LogP contribution < -0.4 is 0 Å². The zero-order chi connectivity index (χ0) is 17.0. The Labute approximate surface area is 133 Å². The van der Waals surface area contributed by atoms with Crippen molar-refractivity contribution in [3.63, 3.8) is 0 Å². The van der Waals surface area contributed by atoms with Gasteiger partial charge in [-0.15, -0.1) is 0 Å². The number of aliphatic hydroxyl groups excluding tert-OH is 4. The molecule has 1 aliphatic heterocycles. The Morgan fingerprint density at radius 1 is 1.04 bits per heavy atom. The van der Waals surface area contributed by atoms with Crippen LogP contribution in [0, 0.1) is 0 Å². The Hall–Kier alpha value is -1.42. The summed E-state index contributed by atoms with van der Waals surface area (Å²) < 4.78 is 10.6. The van der Waals surface area contributed by atoms with Gasteiger partial charge in [0.2, 0.25) is 0 Å². The van der Waals surface area contributed by atoms with Crippen molar-refractivity contribution in [2.75, 3.05) is 13.2 Å². The molecule has 1 aromatic rings. The first kappa shape index (κ1) is 17.9. The summed E-state index contributed by atoms with van der Waals surface area (Å²) in [7, 11) is 0. The molecule has 5 atom stereocenters. The first-order chi connectivity index (χ1) is 10.9. The molecule has 1 aliphatic rings. The number of hydrogen-bond donors (Lipinski definition) is 6. The molecular formula is C15H22O8. The molecule has 0 bridgehead atoms. The highest BCUT2D eigenvalue weighted by molar-refractivity contribution is 5.38. The Bertz CT molecular complexity index is 506. The first-order valence-electron chi connectivity index (χ1n) is 7.37. The van der Waals surface area contributed by atoms with Crippen molar-refractivity contribution in [3.05, 3.63) is 23.8 Å². The number of aliphatic hydroxyl groups is 4. The van der Waals surface area contributed by atoms with Crippen LogP contribution in [0.2, 0.25) is 0 Å². The smallest absolute Gasteiger partial charge is 0.186 e. The summed E-state index contributed by atoms with van der Waals surface area (Å²) in [5.74, 6) is -0.0401. The summed E-state index contributed by atoms with van der Waals surface area (Å²) in [4.78, 5) is 0. The fraction of sp³-hybridized carbons (Fsp3) is 0.600. The molecule has 8 nitrogen and oxygen atoms in total. The fourth-order valence-corrected chi connectivity index (χ4v) is 2.43. The van der Waals surface area contributed by atoms with Crippen molar-refractivity contribution in [2.24, 2.45) is 0 Å². The topological polar surface area (TPSA) is 140 Å². The Kier molecular flexibility index (Phi) is 6.17. The van der Waals surface area contributed by atoms with Gasteiger partial charge in [-0.05, 0) is 24.5 Å². The molecule has 0 amide bonds. The third kappa shape index (κ3) is 4.31. The van der Waals surface area contributed by atoms with E-state index in [0.29, 0.717) is 18.4 Å². The molecule has 1 aromatic carbocycles. The van der Waals surface area contributed by atoms with Crippen LogP contribution in [-0.4, -0.2) is 74.6 Å². The third-order valence-corrected chi connectivity index (χ3v) is 3.79. The lowest BCUT2D eigenvalue weighted by Crippen LogP contribution is -2.59. The SMILES string of the molecule is OC[C@H]1O[C@@H](OCCCc2ccc(O)cc2O)[C@H](O)[C@@H](O)[C@@H]1O. The number of rotatable bonds is 6. The van der Waals surface area contributed by atoms with Gasteiger partial charge in [0, 0.05) is 6.07 Å². The minimum atomic E-state index is -1.47. The van der Waals surface area contributed by atoms with E-state index in [0.717, 1.165) is 0 Å². The molecular weight excluding hydrogens is 308 g/mol. The molecule has 0 unspecified atom stereocenters. The number of phenols is 2. The number of aromatic hydroxyl groups is 2. The van der Waals surface area contributed by atoms with Gasteiger partial charge in [0.05, 0.1) is 13.2 Å². The lowest BCUT2D eigenvalue weighted by molar-refractivity contribution is -0.301. The molecule has 6 N–H and O–H groups in total. The van der Waals surface area contributed by atoms with Crippen molar-refractivity contribution < 1.29 is 40.1 Å². The standard InChI is InChI=1S/C15H22O8/c16-7-11-12(19)13(20)14(21)15(23-11)22-5-1-2-8-3-4-9(17)6-10(8)18/h3-4,6,11-21H,1-2,5,7H2/t11-,12-,13+,14-,15-/m1/s1. The molecule has 1 fully saturated rings. The largest absolute Gasteiger partial charge is 0.508 e. The van der Waals surface area contributed by atoms with E-state index in [4.69, 9.17) is 14.6 Å².